The van der Waals surface area contributed by atoms with Crippen molar-refractivity contribution in [1.82, 2.24) is 5.32 Å². The van der Waals surface area contributed by atoms with Crippen molar-refractivity contribution < 1.29 is 19.4 Å². The third kappa shape index (κ3) is 3.54. The van der Waals surface area contributed by atoms with E-state index in [1.165, 1.54) is 0 Å². The number of nitrogens with one attached hydrogen (secondary N) is 1. The van der Waals surface area contributed by atoms with E-state index in [4.69, 9.17) is 4.74 Å². The molecule has 0 aromatic heterocycles. The van der Waals surface area contributed by atoms with E-state index in [2.05, 4.69) is 5.32 Å². The van der Waals surface area contributed by atoms with Crippen LogP contribution >= 0.6 is 0 Å². The number of rotatable bonds is 3. The average molecular weight is 291 g/mol. The molecule has 1 aromatic rings. The highest BCUT2D eigenvalue weighted by Gasteiger charge is 2.52. The third-order valence-corrected chi connectivity index (χ3v) is 3.61. The minimum absolute atomic E-state index is 0.150. The van der Waals surface area contributed by atoms with Gasteiger partial charge in [0.15, 0.2) is 0 Å². The van der Waals surface area contributed by atoms with Gasteiger partial charge in [0.25, 0.3) is 0 Å². The molecule has 0 spiro atoms. The summed E-state index contributed by atoms with van der Waals surface area (Å²) in [6, 6.07) is 9.73. The summed E-state index contributed by atoms with van der Waals surface area (Å²) in [6.45, 7) is 5.23. The van der Waals surface area contributed by atoms with Gasteiger partial charge in [-0.1, -0.05) is 30.3 Å². The number of carbonyl (C=O) groups excluding carboxylic acids is 1. The number of carboxylic acid groups (broad SMARTS) is 1. The topological polar surface area (TPSA) is 75.6 Å². The summed E-state index contributed by atoms with van der Waals surface area (Å²) in [6.07, 6.45) is 0.0772. The normalized spacial score (nSPS) is 24.8. The van der Waals surface area contributed by atoms with Crippen molar-refractivity contribution in [2.75, 3.05) is 0 Å². The molecule has 1 aliphatic rings. The van der Waals surface area contributed by atoms with Gasteiger partial charge in [0.2, 0.25) is 0 Å². The second-order valence-electron chi connectivity index (χ2n) is 6.53. The molecule has 0 heterocycles. The molecule has 1 aliphatic carbocycles. The first-order valence-corrected chi connectivity index (χ1v) is 7.01. The number of hydrogen-bond donors (Lipinski definition) is 2. The highest BCUT2D eigenvalue weighted by molar-refractivity contribution is 5.86. The van der Waals surface area contributed by atoms with Crippen molar-refractivity contribution in [2.24, 2.45) is 0 Å². The van der Waals surface area contributed by atoms with Crippen LogP contribution in [-0.2, 0) is 9.53 Å². The van der Waals surface area contributed by atoms with Crippen molar-refractivity contribution in [3.05, 3.63) is 35.9 Å². The van der Waals surface area contributed by atoms with Gasteiger partial charge in [-0.05, 0) is 45.1 Å². The van der Waals surface area contributed by atoms with Crippen molar-refractivity contribution in [2.45, 2.75) is 50.7 Å². The molecule has 0 unspecified atom stereocenters. The number of aliphatic carboxylic acids is 1. The second kappa shape index (κ2) is 5.39. The van der Waals surface area contributed by atoms with Gasteiger partial charge >= 0.3 is 12.1 Å². The molecule has 1 aromatic carbocycles. The van der Waals surface area contributed by atoms with Gasteiger partial charge in [-0.3, -0.25) is 0 Å². The molecule has 1 saturated carbocycles. The van der Waals surface area contributed by atoms with Crippen molar-refractivity contribution in [1.29, 1.82) is 0 Å². The number of hydrogen-bond acceptors (Lipinski definition) is 3. The standard InChI is InChI=1S/C16H21NO4/c1-15(2,3)21-14(20)17-16(13(18)19)9-12(10-16)11-7-5-4-6-8-11/h4-8,12H,9-10H2,1-3H3,(H,17,20)(H,18,19). The predicted molar refractivity (Wildman–Crippen MR) is 78.2 cm³/mol. The van der Waals surface area contributed by atoms with E-state index in [1.54, 1.807) is 20.8 Å². The first-order chi connectivity index (χ1) is 9.72. The Labute approximate surface area is 124 Å². The Bertz CT molecular complexity index is 527. The van der Waals surface area contributed by atoms with Gasteiger partial charge in [0.1, 0.15) is 11.1 Å². The SMILES string of the molecule is CC(C)(C)OC(=O)NC1(C(=O)O)CC(c2ccccc2)C1. The fraction of sp³-hybridized carbons (Fsp3) is 0.500. The molecule has 1 amide bonds. The molecule has 5 heteroatoms. The molecule has 114 valence electrons. The summed E-state index contributed by atoms with van der Waals surface area (Å²) in [5, 5.41) is 12.0. The first kappa shape index (κ1) is 15.4. The number of carbonyl (C=O) groups is 2. The fourth-order valence-corrected chi connectivity index (χ4v) is 2.57. The summed E-state index contributed by atoms with van der Waals surface area (Å²) in [7, 11) is 0. The molecular weight excluding hydrogens is 270 g/mol. The maximum absolute atomic E-state index is 11.8. The summed E-state index contributed by atoms with van der Waals surface area (Å²) < 4.78 is 5.15. The van der Waals surface area contributed by atoms with E-state index in [0.29, 0.717) is 12.8 Å². The Kier molecular flexibility index (Phi) is 3.94. The zero-order chi connectivity index (χ0) is 15.7. The smallest absolute Gasteiger partial charge is 0.408 e. The molecule has 0 atom stereocenters. The van der Waals surface area contributed by atoms with Crippen LogP contribution in [0.4, 0.5) is 4.79 Å². The van der Waals surface area contributed by atoms with E-state index in [9.17, 15) is 14.7 Å². The number of ether oxygens (including phenoxy) is 1. The van der Waals surface area contributed by atoms with Crippen LogP contribution in [-0.4, -0.2) is 28.3 Å². The zero-order valence-electron chi connectivity index (χ0n) is 12.6. The molecule has 21 heavy (non-hydrogen) atoms. The van der Waals surface area contributed by atoms with Gasteiger partial charge in [0.05, 0.1) is 0 Å². The van der Waals surface area contributed by atoms with Gasteiger partial charge in [-0.15, -0.1) is 0 Å². The fourth-order valence-electron chi connectivity index (χ4n) is 2.57. The number of benzene rings is 1. The largest absolute Gasteiger partial charge is 0.480 e. The van der Waals surface area contributed by atoms with Crippen LogP contribution in [0.3, 0.4) is 0 Å². The van der Waals surface area contributed by atoms with Crippen LogP contribution in [0, 0.1) is 0 Å². The van der Waals surface area contributed by atoms with Gasteiger partial charge < -0.3 is 15.2 Å². The highest BCUT2D eigenvalue weighted by atomic mass is 16.6. The first-order valence-electron chi connectivity index (χ1n) is 7.01. The average Bonchev–Trinajstić information content (AvgIpc) is 2.31. The summed E-state index contributed by atoms with van der Waals surface area (Å²) in [4.78, 5) is 23.3. The third-order valence-electron chi connectivity index (χ3n) is 3.61. The summed E-state index contributed by atoms with van der Waals surface area (Å²) in [5.74, 6) is -0.863. The van der Waals surface area contributed by atoms with Gasteiger partial charge in [-0.25, -0.2) is 9.59 Å². The number of amides is 1. The maximum Gasteiger partial charge on any atom is 0.408 e. The van der Waals surface area contributed by atoms with Crippen LogP contribution in [0.1, 0.15) is 45.1 Å². The van der Waals surface area contributed by atoms with E-state index in [-0.39, 0.29) is 5.92 Å². The van der Waals surface area contributed by atoms with Crippen LogP contribution < -0.4 is 5.32 Å². The minimum Gasteiger partial charge on any atom is -0.480 e. The Morgan fingerprint density at radius 2 is 1.81 bits per heavy atom. The van der Waals surface area contributed by atoms with Crippen LogP contribution in [0.25, 0.3) is 0 Å². The van der Waals surface area contributed by atoms with Crippen LogP contribution in [0.15, 0.2) is 30.3 Å². The molecule has 2 N–H and O–H groups in total. The van der Waals surface area contributed by atoms with Crippen molar-refractivity contribution >= 4 is 12.1 Å². The lowest BCUT2D eigenvalue weighted by molar-refractivity contribution is -0.149. The number of alkyl carbamates (subject to hydrolysis) is 1. The predicted octanol–water partition coefficient (Wildman–Crippen LogP) is 2.91. The Balaban J connectivity index is 2.02. The zero-order valence-corrected chi connectivity index (χ0v) is 12.6. The lowest BCUT2D eigenvalue weighted by Crippen LogP contribution is -2.62. The van der Waals surface area contributed by atoms with E-state index in [1.807, 2.05) is 30.3 Å². The minimum atomic E-state index is -1.22. The lowest BCUT2D eigenvalue weighted by atomic mass is 9.65. The van der Waals surface area contributed by atoms with E-state index >= 15 is 0 Å². The highest BCUT2D eigenvalue weighted by Crippen LogP contribution is 2.45. The molecule has 1 fully saturated rings. The second-order valence-corrected chi connectivity index (χ2v) is 6.53. The summed E-state index contributed by atoms with van der Waals surface area (Å²) in [5.41, 5.74) is -0.768. The maximum atomic E-state index is 11.8. The van der Waals surface area contributed by atoms with Crippen LogP contribution in [0.2, 0.25) is 0 Å². The molecule has 0 saturated heterocycles. The molecule has 0 aliphatic heterocycles. The molecule has 0 bridgehead atoms. The van der Waals surface area contributed by atoms with Gasteiger partial charge in [-0.2, -0.15) is 0 Å². The molecular formula is C16H21NO4. The van der Waals surface area contributed by atoms with E-state index < -0.39 is 23.2 Å². The summed E-state index contributed by atoms with van der Waals surface area (Å²) >= 11 is 0. The Morgan fingerprint density at radius 1 is 1.24 bits per heavy atom. The quantitative estimate of drug-likeness (QED) is 0.897. The molecule has 0 radical (unpaired) electrons. The molecule has 5 nitrogen and oxygen atoms in total. The molecule has 2 rings (SSSR count). The van der Waals surface area contributed by atoms with E-state index in [0.717, 1.165) is 5.56 Å². The lowest BCUT2D eigenvalue weighted by Gasteiger charge is -2.44. The monoisotopic (exact) mass is 291 g/mol. The Morgan fingerprint density at radius 3 is 2.29 bits per heavy atom. The van der Waals surface area contributed by atoms with Crippen molar-refractivity contribution in [3.8, 4) is 0 Å². The van der Waals surface area contributed by atoms with Crippen LogP contribution in [0.5, 0.6) is 0 Å². The van der Waals surface area contributed by atoms with Crippen molar-refractivity contribution in [3.63, 3.8) is 0 Å². The number of carboxylic acids is 1. The Hall–Kier alpha value is -2.04. The van der Waals surface area contributed by atoms with Gasteiger partial charge in [0, 0.05) is 0 Å².